The fourth-order valence-corrected chi connectivity index (χ4v) is 3.80. The van der Waals surface area contributed by atoms with Gasteiger partial charge < -0.3 is 20.6 Å². The molecule has 0 bridgehead atoms. The smallest absolute Gasteiger partial charge is 0.339 e. The Morgan fingerprint density at radius 3 is 2.14 bits per heavy atom. The maximum absolute atomic E-state index is 13.5. The van der Waals surface area contributed by atoms with Gasteiger partial charge >= 0.3 is 11.9 Å². The van der Waals surface area contributed by atoms with E-state index in [0.29, 0.717) is 33.0 Å². The second-order valence-electron chi connectivity index (χ2n) is 7.61. The minimum Gasteiger partial charge on any atom is -0.507 e. The van der Waals surface area contributed by atoms with E-state index in [-0.39, 0.29) is 23.1 Å². The molecule has 0 amide bonds. The molecular formula is C27H19Cl2F2NO5. The fourth-order valence-electron chi connectivity index (χ4n) is 3.31. The van der Waals surface area contributed by atoms with Gasteiger partial charge in [-0.15, -0.1) is 0 Å². The number of anilines is 2. The molecule has 0 fully saturated rings. The molecule has 4 aromatic rings. The number of carboxylic acid groups (broad SMARTS) is 2. The number of aromatic carboxylic acids is 1. The van der Waals surface area contributed by atoms with Crippen molar-refractivity contribution in [2.75, 3.05) is 5.32 Å². The van der Waals surface area contributed by atoms with Gasteiger partial charge in [-0.05, 0) is 53.6 Å². The van der Waals surface area contributed by atoms with Crippen LogP contribution in [-0.4, -0.2) is 27.3 Å². The van der Waals surface area contributed by atoms with Crippen molar-refractivity contribution in [2.45, 2.75) is 6.42 Å². The molecule has 4 rings (SSSR count). The first kappa shape index (κ1) is 27.4. The summed E-state index contributed by atoms with van der Waals surface area (Å²) >= 11 is 12.1. The molecule has 6 nitrogen and oxygen atoms in total. The summed E-state index contributed by atoms with van der Waals surface area (Å²) in [6.07, 6.45) is -0.0642. The number of aromatic hydroxyl groups is 1. The van der Waals surface area contributed by atoms with Crippen molar-refractivity contribution in [2.24, 2.45) is 0 Å². The minimum absolute atomic E-state index is 0.0642. The summed E-state index contributed by atoms with van der Waals surface area (Å²) in [5, 5.41) is 31.1. The van der Waals surface area contributed by atoms with Crippen LogP contribution >= 0.6 is 23.2 Å². The van der Waals surface area contributed by atoms with Gasteiger partial charge in [-0.3, -0.25) is 4.79 Å². The second-order valence-corrected chi connectivity index (χ2v) is 8.42. The largest absolute Gasteiger partial charge is 0.507 e. The lowest BCUT2D eigenvalue weighted by molar-refractivity contribution is -0.136. The van der Waals surface area contributed by atoms with Crippen LogP contribution in [0.4, 0.5) is 20.2 Å². The monoisotopic (exact) mass is 545 g/mol. The van der Waals surface area contributed by atoms with E-state index in [2.05, 4.69) is 5.32 Å². The average molecular weight is 546 g/mol. The third-order valence-corrected chi connectivity index (χ3v) is 5.68. The summed E-state index contributed by atoms with van der Waals surface area (Å²) in [5.74, 6) is -4.13. The summed E-state index contributed by atoms with van der Waals surface area (Å²) in [6, 6.07) is 19.0. The summed E-state index contributed by atoms with van der Waals surface area (Å²) in [4.78, 5) is 21.7. The molecule has 10 heteroatoms. The van der Waals surface area contributed by atoms with Crippen molar-refractivity contribution >= 4 is 46.5 Å². The topological polar surface area (TPSA) is 107 Å². The standard InChI is InChI=1S/C14H11Cl2NO2.C13H8F2O3/c15-10-5-3-6-11(16)14(10)17-12-7-2-1-4-9(12)8-13(18)19;14-8-2-3-9(11(15)6-8)7-1-4-12(16)10(5-7)13(17)18/h1-7,17H,8H2,(H,18,19);1-6,16H,(H,17,18). The first-order chi connectivity index (χ1) is 17.6. The van der Waals surface area contributed by atoms with Gasteiger partial charge in [-0.2, -0.15) is 0 Å². The zero-order chi connectivity index (χ0) is 27.1. The molecule has 0 aliphatic carbocycles. The average Bonchev–Trinajstić information content (AvgIpc) is 2.83. The number of hydrogen-bond acceptors (Lipinski definition) is 4. The lowest BCUT2D eigenvalue weighted by Gasteiger charge is -2.13. The van der Waals surface area contributed by atoms with E-state index in [1.807, 2.05) is 6.07 Å². The predicted molar refractivity (Wildman–Crippen MR) is 138 cm³/mol. The van der Waals surface area contributed by atoms with Gasteiger partial charge in [0.15, 0.2) is 0 Å². The van der Waals surface area contributed by atoms with Gasteiger partial charge in [-0.25, -0.2) is 13.6 Å². The lowest BCUT2D eigenvalue weighted by Crippen LogP contribution is -2.04. The molecule has 190 valence electrons. The number of hydrogen-bond donors (Lipinski definition) is 4. The van der Waals surface area contributed by atoms with Crippen molar-refractivity contribution < 1.29 is 33.7 Å². The number of carbonyl (C=O) groups is 2. The third kappa shape index (κ3) is 7.19. The third-order valence-electron chi connectivity index (χ3n) is 5.05. The Hall–Kier alpha value is -4.14. The summed E-state index contributed by atoms with van der Waals surface area (Å²) in [7, 11) is 0. The molecule has 0 saturated carbocycles. The van der Waals surface area contributed by atoms with Crippen LogP contribution in [0.15, 0.2) is 78.9 Å². The van der Waals surface area contributed by atoms with E-state index in [9.17, 15) is 23.5 Å². The number of carboxylic acids is 2. The van der Waals surface area contributed by atoms with Gasteiger partial charge in [0, 0.05) is 17.3 Å². The number of halogens is 4. The molecule has 4 aromatic carbocycles. The molecule has 37 heavy (non-hydrogen) atoms. The van der Waals surface area contributed by atoms with E-state index in [1.54, 1.807) is 36.4 Å². The number of aliphatic carboxylic acids is 1. The highest BCUT2D eigenvalue weighted by atomic mass is 35.5. The Kier molecular flexibility index (Phi) is 9.05. The zero-order valence-corrected chi connectivity index (χ0v) is 20.4. The lowest BCUT2D eigenvalue weighted by atomic mass is 10.0. The Labute approximate surface area is 220 Å². The summed E-state index contributed by atoms with van der Waals surface area (Å²) < 4.78 is 26.3. The minimum atomic E-state index is -1.32. The number of rotatable bonds is 6. The van der Waals surface area contributed by atoms with Crippen molar-refractivity contribution in [3.05, 3.63) is 112 Å². The van der Waals surface area contributed by atoms with Crippen molar-refractivity contribution in [3.8, 4) is 16.9 Å². The van der Waals surface area contributed by atoms with Crippen LogP contribution in [0.3, 0.4) is 0 Å². The van der Waals surface area contributed by atoms with E-state index in [4.69, 9.17) is 33.4 Å². The molecule has 0 aliphatic rings. The van der Waals surface area contributed by atoms with Gasteiger partial charge in [0.05, 0.1) is 22.2 Å². The van der Waals surface area contributed by atoms with Gasteiger partial charge in [-0.1, -0.05) is 53.5 Å². The highest BCUT2D eigenvalue weighted by Gasteiger charge is 2.13. The highest BCUT2D eigenvalue weighted by molar-refractivity contribution is 6.39. The Bertz CT molecular complexity index is 1440. The van der Waals surface area contributed by atoms with Crippen LogP contribution in [0, 0.1) is 11.6 Å². The SMILES string of the molecule is O=C(O)Cc1ccccc1Nc1c(Cl)cccc1Cl.O=C(O)c1cc(-c2ccc(F)cc2F)ccc1O. The van der Waals surface area contributed by atoms with Gasteiger partial charge in [0.25, 0.3) is 0 Å². The van der Waals surface area contributed by atoms with Crippen molar-refractivity contribution in [3.63, 3.8) is 0 Å². The number of benzene rings is 4. The van der Waals surface area contributed by atoms with E-state index in [1.165, 1.54) is 12.1 Å². The molecule has 0 radical (unpaired) electrons. The normalized spacial score (nSPS) is 10.3. The Balaban J connectivity index is 0.000000206. The number of phenols is 1. The Morgan fingerprint density at radius 1 is 0.838 bits per heavy atom. The first-order valence-corrected chi connectivity index (χ1v) is 11.3. The molecule has 0 atom stereocenters. The van der Waals surface area contributed by atoms with Gasteiger partial charge in [0.2, 0.25) is 0 Å². The van der Waals surface area contributed by atoms with E-state index in [0.717, 1.165) is 18.2 Å². The second kappa shape index (κ2) is 12.2. The predicted octanol–water partition coefficient (Wildman–Crippen LogP) is 7.40. The zero-order valence-electron chi connectivity index (χ0n) is 18.9. The molecule has 0 heterocycles. The van der Waals surface area contributed by atoms with Crippen molar-refractivity contribution in [1.29, 1.82) is 0 Å². The van der Waals surface area contributed by atoms with Crippen LogP contribution in [0.1, 0.15) is 15.9 Å². The first-order valence-electron chi connectivity index (χ1n) is 10.6. The molecular weight excluding hydrogens is 527 g/mol. The highest BCUT2D eigenvalue weighted by Crippen LogP contribution is 2.33. The molecule has 4 N–H and O–H groups in total. The quantitative estimate of drug-likeness (QED) is 0.201. The maximum Gasteiger partial charge on any atom is 0.339 e. The van der Waals surface area contributed by atoms with Crippen LogP contribution in [0.25, 0.3) is 11.1 Å². The number of nitrogens with one attached hydrogen (secondary N) is 1. The van der Waals surface area contributed by atoms with Crippen LogP contribution < -0.4 is 5.32 Å². The molecule has 0 aliphatic heterocycles. The fraction of sp³-hybridized carbons (Fsp3) is 0.0370. The molecule has 0 spiro atoms. The Morgan fingerprint density at radius 2 is 1.51 bits per heavy atom. The van der Waals surface area contributed by atoms with Crippen molar-refractivity contribution in [1.82, 2.24) is 0 Å². The molecule has 0 saturated heterocycles. The number of para-hydroxylation sites is 2. The molecule has 0 unspecified atom stereocenters. The van der Waals surface area contributed by atoms with Crippen LogP contribution in [0.2, 0.25) is 10.0 Å². The van der Waals surface area contributed by atoms with E-state index < -0.39 is 29.3 Å². The van der Waals surface area contributed by atoms with Crippen LogP contribution in [-0.2, 0) is 11.2 Å². The van der Waals surface area contributed by atoms with Crippen LogP contribution in [0.5, 0.6) is 5.75 Å². The van der Waals surface area contributed by atoms with E-state index >= 15 is 0 Å². The summed E-state index contributed by atoms with van der Waals surface area (Å²) in [6.45, 7) is 0. The van der Waals surface area contributed by atoms with Gasteiger partial charge in [0.1, 0.15) is 22.9 Å². The molecule has 0 aromatic heterocycles. The maximum atomic E-state index is 13.5. The summed E-state index contributed by atoms with van der Waals surface area (Å²) in [5.41, 5.74) is 1.91.